The molecule has 2 aromatic heterocycles. The molecule has 0 radical (unpaired) electrons. The van der Waals surface area contributed by atoms with Gasteiger partial charge < -0.3 is 5.32 Å². The van der Waals surface area contributed by atoms with Gasteiger partial charge in [-0.1, -0.05) is 6.92 Å². The molecule has 2 heterocycles. The molecule has 0 fully saturated rings. The van der Waals surface area contributed by atoms with Crippen molar-refractivity contribution >= 4 is 0 Å². The molecule has 2 rings (SSSR count). The van der Waals surface area contributed by atoms with E-state index in [1.165, 1.54) is 12.3 Å². The summed E-state index contributed by atoms with van der Waals surface area (Å²) in [5.41, 5.74) is 1.71. The summed E-state index contributed by atoms with van der Waals surface area (Å²) < 4.78 is 14.8. The second-order valence-electron chi connectivity index (χ2n) is 3.82. The van der Waals surface area contributed by atoms with Gasteiger partial charge in [-0.05, 0) is 25.6 Å². The molecule has 0 bridgehead atoms. The number of aryl methyl sites for hydroxylation is 1. The van der Waals surface area contributed by atoms with E-state index in [4.69, 9.17) is 0 Å². The van der Waals surface area contributed by atoms with E-state index in [0.717, 1.165) is 17.8 Å². The van der Waals surface area contributed by atoms with Gasteiger partial charge in [0.1, 0.15) is 5.82 Å². The Morgan fingerprint density at radius 3 is 2.94 bits per heavy atom. The third kappa shape index (κ3) is 2.68. The SMILES string of the molecule is CCNCc1cc(F)cnc1-n1ccc(C)n1. The molecule has 0 amide bonds. The number of hydrogen-bond acceptors (Lipinski definition) is 3. The highest BCUT2D eigenvalue weighted by atomic mass is 19.1. The Morgan fingerprint density at radius 2 is 2.29 bits per heavy atom. The third-order valence-corrected chi connectivity index (χ3v) is 2.41. The minimum atomic E-state index is -0.328. The van der Waals surface area contributed by atoms with Gasteiger partial charge in [0.25, 0.3) is 0 Å². The van der Waals surface area contributed by atoms with Gasteiger partial charge >= 0.3 is 0 Å². The van der Waals surface area contributed by atoms with Crippen LogP contribution in [0.15, 0.2) is 24.5 Å². The maximum atomic E-state index is 13.2. The first kappa shape index (κ1) is 11.7. The Hall–Kier alpha value is -1.75. The summed E-state index contributed by atoms with van der Waals surface area (Å²) in [6, 6.07) is 3.38. The number of pyridine rings is 1. The molecule has 0 atom stereocenters. The van der Waals surface area contributed by atoms with Crippen molar-refractivity contribution < 1.29 is 4.39 Å². The van der Waals surface area contributed by atoms with E-state index in [1.807, 2.05) is 26.1 Å². The Labute approximate surface area is 99.5 Å². The first-order valence-corrected chi connectivity index (χ1v) is 5.58. The molecule has 0 aliphatic heterocycles. The summed E-state index contributed by atoms with van der Waals surface area (Å²) in [5.74, 6) is 0.339. The summed E-state index contributed by atoms with van der Waals surface area (Å²) in [7, 11) is 0. The molecule has 0 aliphatic rings. The van der Waals surface area contributed by atoms with Crippen LogP contribution in [0.25, 0.3) is 5.82 Å². The van der Waals surface area contributed by atoms with Gasteiger partial charge in [0, 0.05) is 18.3 Å². The number of hydrogen-bond donors (Lipinski definition) is 1. The molecule has 0 unspecified atom stereocenters. The lowest BCUT2D eigenvalue weighted by Crippen LogP contribution is -2.15. The van der Waals surface area contributed by atoms with Gasteiger partial charge in [-0.2, -0.15) is 5.10 Å². The molecule has 2 aromatic rings. The molecule has 0 spiro atoms. The van der Waals surface area contributed by atoms with E-state index < -0.39 is 0 Å². The van der Waals surface area contributed by atoms with Crippen LogP contribution >= 0.6 is 0 Å². The second-order valence-corrected chi connectivity index (χ2v) is 3.82. The van der Waals surface area contributed by atoms with Crippen molar-refractivity contribution in [2.75, 3.05) is 6.54 Å². The Bertz CT molecular complexity index is 507. The molecular weight excluding hydrogens is 219 g/mol. The maximum absolute atomic E-state index is 13.2. The molecule has 4 nitrogen and oxygen atoms in total. The summed E-state index contributed by atoms with van der Waals surface area (Å²) in [6.07, 6.45) is 3.03. The highest BCUT2D eigenvalue weighted by Crippen LogP contribution is 2.12. The van der Waals surface area contributed by atoms with Crippen LogP contribution in [0.2, 0.25) is 0 Å². The number of rotatable bonds is 4. The molecule has 5 heteroatoms. The molecule has 90 valence electrons. The van der Waals surface area contributed by atoms with Crippen molar-refractivity contribution in [2.45, 2.75) is 20.4 Å². The van der Waals surface area contributed by atoms with E-state index in [2.05, 4.69) is 15.4 Å². The van der Waals surface area contributed by atoms with E-state index in [9.17, 15) is 4.39 Å². The average Bonchev–Trinajstić information content (AvgIpc) is 2.73. The normalized spacial score (nSPS) is 10.8. The summed E-state index contributed by atoms with van der Waals surface area (Å²) >= 11 is 0. The van der Waals surface area contributed by atoms with Crippen molar-refractivity contribution in [1.29, 1.82) is 0 Å². The van der Waals surface area contributed by atoms with Crippen molar-refractivity contribution in [3.63, 3.8) is 0 Å². The molecule has 1 N–H and O–H groups in total. The maximum Gasteiger partial charge on any atom is 0.157 e. The predicted octanol–water partition coefficient (Wildman–Crippen LogP) is 1.82. The lowest BCUT2D eigenvalue weighted by Gasteiger charge is -2.08. The molecule has 0 saturated carbocycles. The van der Waals surface area contributed by atoms with Gasteiger partial charge in [-0.15, -0.1) is 0 Å². The summed E-state index contributed by atoms with van der Waals surface area (Å²) in [4.78, 5) is 4.10. The molecule has 0 aromatic carbocycles. The lowest BCUT2D eigenvalue weighted by atomic mass is 10.2. The minimum Gasteiger partial charge on any atom is -0.313 e. The van der Waals surface area contributed by atoms with Gasteiger partial charge in [-0.25, -0.2) is 14.1 Å². The molecule has 17 heavy (non-hydrogen) atoms. The number of halogens is 1. The zero-order valence-corrected chi connectivity index (χ0v) is 9.94. The Morgan fingerprint density at radius 1 is 1.47 bits per heavy atom. The van der Waals surface area contributed by atoms with E-state index >= 15 is 0 Å². The van der Waals surface area contributed by atoms with Crippen molar-refractivity contribution in [2.24, 2.45) is 0 Å². The molecular formula is C12H15FN4. The topological polar surface area (TPSA) is 42.7 Å². The van der Waals surface area contributed by atoms with Crippen LogP contribution in [-0.2, 0) is 6.54 Å². The second kappa shape index (κ2) is 5.05. The van der Waals surface area contributed by atoms with Gasteiger partial charge in [0.2, 0.25) is 0 Å². The predicted molar refractivity (Wildman–Crippen MR) is 63.4 cm³/mol. The van der Waals surface area contributed by atoms with E-state index in [1.54, 1.807) is 4.68 Å². The van der Waals surface area contributed by atoms with Crippen LogP contribution < -0.4 is 5.32 Å². The zero-order valence-electron chi connectivity index (χ0n) is 9.94. The fraction of sp³-hybridized carbons (Fsp3) is 0.333. The molecule has 0 saturated heterocycles. The van der Waals surface area contributed by atoms with Crippen LogP contribution in [0.5, 0.6) is 0 Å². The van der Waals surface area contributed by atoms with Crippen molar-refractivity contribution in [3.05, 3.63) is 41.6 Å². The van der Waals surface area contributed by atoms with Crippen molar-refractivity contribution in [3.8, 4) is 5.82 Å². The Balaban J connectivity index is 2.38. The van der Waals surface area contributed by atoms with Crippen LogP contribution in [0.4, 0.5) is 4.39 Å². The van der Waals surface area contributed by atoms with Crippen LogP contribution in [-0.4, -0.2) is 21.3 Å². The smallest absolute Gasteiger partial charge is 0.157 e. The highest BCUT2D eigenvalue weighted by Gasteiger charge is 2.08. The Kier molecular flexibility index (Phi) is 3.49. The number of aromatic nitrogens is 3. The third-order valence-electron chi connectivity index (χ3n) is 2.41. The fourth-order valence-electron chi connectivity index (χ4n) is 1.60. The van der Waals surface area contributed by atoms with E-state index in [-0.39, 0.29) is 5.82 Å². The van der Waals surface area contributed by atoms with Crippen molar-refractivity contribution in [1.82, 2.24) is 20.1 Å². The lowest BCUT2D eigenvalue weighted by molar-refractivity contribution is 0.610. The quantitative estimate of drug-likeness (QED) is 0.877. The number of nitrogens with one attached hydrogen (secondary N) is 1. The average molecular weight is 234 g/mol. The zero-order chi connectivity index (χ0) is 12.3. The first-order valence-electron chi connectivity index (χ1n) is 5.58. The highest BCUT2D eigenvalue weighted by molar-refractivity contribution is 5.33. The summed E-state index contributed by atoms with van der Waals surface area (Å²) in [6.45, 7) is 5.32. The van der Waals surface area contributed by atoms with Crippen LogP contribution in [0.3, 0.4) is 0 Å². The molecule has 0 aliphatic carbocycles. The van der Waals surface area contributed by atoms with E-state index in [0.29, 0.717) is 12.4 Å². The van der Waals surface area contributed by atoms with Gasteiger partial charge in [-0.3, -0.25) is 0 Å². The standard InChI is InChI=1S/C12H15FN4/c1-3-14-7-10-6-11(13)8-15-12(10)17-5-4-9(2)16-17/h4-6,8,14H,3,7H2,1-2H3. The largest absolute Gasteiger partial charge is 0.313 e. The van der Waals surface area contributed by atoms with Crippen LogP contribution in [0.1, 0.15) is 18.2 Å². The van der Waals surface area contributed by atoms with Gasteiger partial charge in [0.05, 0.1) is 11.9 Å². The van der Waals surface area contributed by atoms with Crippen LogP contribution in [0, 0.1) is 12.7 Å². The first-order chi connectivity index (χ1) is 8.20. The fourth-order valence-corrected chi connectivity index (χ4v) is 1.60. The number of nitrogens with zero attached hydrogens (tertiary/aromatic N) is 3. The monoisotopic (exact) mass is 234 g/mol. The minimum absolute atomic E-state index is 0.328. The van der Waals surface area contributed by atoms with Gasteiger partial charge in [0.15, 0.2) is 5.82 Å². The summed E-state index contributed by atoms with van der Waals surface area (Å²) in [5, 5.41) is 7.44.